The minimum absolute atomic E-state index is 0.0895. The van der Waals surface area contributed by atoms with Crippen LogP contribution in [0, 0.1) is 5.41 Å². The number of amides is 1. The van der Waals surface area contributed by atoms with Gasteiger partial charge in [-0.15, -0.1) is 0 Å². The molecule has 1 heterocycles. The predicted molar refractivity (Wildman–Crippen MR) is 116 cm³/mol. The van der Waals surface area contributed by atoms with E-state index in [0.29, 0.717) is 6.42 Å². The summed E-state index contributed by atoms with van der Waals surface area (Å²) in [5, 5.41) is 6.28. The van der Waals surface area contributed by atoms with Crippen LogP contribution in [0.4, 0.5) is 11.4 Å². The molecule has 0 bridgehead atoms. The van der Waals surface area contributed by atoms with Crippen LogP contribution in [0.25, 0.3) is 0 Å². The summed E-state index contributed by atoms with van der Waals surface area (Å²) >= 11 is 0. The highest BCUT2D eigenvalue weighted by molar-refractivity contribution is 6.01. The fraction of sp³-hybridized carbons (Fsp3) is 0.333. The number of rotatable bonds is 3. The molecule has 150 valence electrons. The molecule has 29 heavy (non-hydrogen) atoms. The number of carbonyl (C=O) groups excluding carboxylic acids is 2. The summed E-state index contributed by atoms with van der Waals surface area (Å²) in [6, 6.07) is 17.6. The molecule has 1 atom stereocenters. The first-order valence-electron chi connectivity index (χ1n) is 10.0. The number of para-hydroxylation sites is 2. The van der Waals surface area contributed by atoms with Crippen molar-refractivity contribution in [1.82, 2.24) is 5.32 Å². The van der Waals surface area contributed by atoms with E-state index in [-0.39, 0.29) is 29.7 Å². The summed E-state index contributed by atoms with van der Waals surface area (Å²) in [5.41, 5.74) is 4.49. The number of hydrogen-bond donors (Lipinski definition) is 2. The normalized spacial score (nSPS) is 20.3. The molecule has 2 aromatic rings. The summed E-state index contributed by atoms with van der Waals surface area (Å²) in [6.07, 6.45) is 1.29. The molecule has 0 saturated heterocycles. The Labute approximate surface area is 171 Å². The van der Waals surface area contributed by atoms with Crippen molar-refractivity contribution in [3.63, 3.8) is 0 Å². The predicted octanol–water partition coefficient (Wildman–Crippen LogP) is 4.05. The Kier molecular flexibility index (Phi) is 4.91. The number of Topliss-reactive ketones (excluding diaryl/α,β-unsaturated/α-hetero) is 1. The molecule has 2 aromatic carbocycles. The molecule has 4 rings (SSSR count). The van der Waals surface area contributed by atoms with Crippen molar-refractivity contribution in [1.29, 1.82) is 0 Å². The zero-order chi connectivity index (χ0) is 20.6. The van der Waals surface area contributed by atoms with Gasteiger partial charge in [0, 0.05) is 24.7 Å². The summed E-state index contributed by atoms with van der Waals surface area (Å²) in [7, 11) is 1.64. The smallest absolute Gasteiger partial charge is 0.239 e. The van der Waals surface area contributed by atoms with Gasteiger partial charge < -0.3 is 15.5 Å². The SMILES string of the molecule is CNC(=O)CN1c2ccccc2NC2=C(C(=O)CC(C)(C)C2)[C@@H]1c1ccccc1. The maximum absolute atomic E-state index is 13.4. The number of nitrogens with zero attached hydrogens (tertiary/aromatic N) is 1. The van der Waals surface area contributed by atoms with Gasteiger partial charge in [0.05, 0.1) is 24.0 Å². The van der Waals surface area contributed by atoms with Crippen LogP contribution in [0.15, 0.2) is 65.9 Å². The monoisotopic (exact) mass is 389 g/mol. The minimum atomic E-state index is -0.316. The molecular weight excluding hydrogens is 362 g/mol. The molecule has 1 amide bonds. The summed E-state index contributed by atoms with van der Waals surface area (Å²) in [6.45, 7) is 4.43. The molecule has 0 radical (unpaired) electrons. The van der Waals surface area contributed by atoms with Crippen molar-refractivity contribution >= 4 is 23.1 Å². The molecule has 0 aromatic heterocycles. The molecule has 5 heteroatoms. The van der Waals surface area contributed by atoms with E-state index in [1.807, 2.05) is 54.6 Å². The number of anilines is 2. The highest BCUT2D eigenvalue weighted by Crippen LogP contribution is 2.47. The lowest BCUT2D eigenvalue weighted by atomic mass is 9.73. The van der Waals surface area contributed by atoms with Gasteiger partial charge in [-0.3, -0.25) is 9.59 Å². The Hall–Kier alpha value is -3.08. The number of nitrogens with one attached hydrogen (secondary N) is 2. The molecule has 0 saturated carbocycles. The van der Waals surface area contributed by atoms with Gasteiger partial charge in [-0.1, -0.05) is 56.3 Å². The molecule has 1 aliphatic carbocycles. The quantitative estimate of drug-likeness (QED) is 0.831. The zero-order valence-corrected chi connectivity index (χ0v) is 17.2. The molecular formula is C24H27N3O2. The zero-order valence-electron chi connectivity index (χ0n) is 17.2. The van der Waals surface area contributed by atoms with Gasteiger partial charge in [0.1, 0.15) is 0 Å². The Balaban J connectivity index is 1.96. The fourth-order valence-electron chi connectivity index (χ4n) is 4.44. The average Bonchev–Trinajstić information content (AvgIpc) is 2.82. The van der Waals surface area contributed by atoms with Crippen molar-refractivity contribution in [3.8, 4) is 0 Å². The lowest BCUT2D eigenvalue weighted by Crippen LogP contribution is -2.41. The van der Waals surface area contributed by atoms with Crippen LogP contribution in [-0.4, -0.2) is 25.3 Å². The van der Waals surface area contributed by atoms with E-state index in [9.17, 15) is 9.59 Å². The van der Waals surface area contributed by atoms with E-state index < -0.39 is 0 Å². The van der Waals surface area contributed by atoms with E-state index in [2.05, 4.69) is 29.4 Å². The number of benzene rings is 2. The molecule has 1 aliphatic heterocycles. The summed E-state index contributed by atoms with van der Waals surface area (Å²) in [5.74, 6) is 0.0562. The number of likely N-dealkylation sites (N-methyl/N-ethyl adjacent to an activating group) is 1. The first kappa shape index (κ1) is 19.2. The van der Waals surface area contributed by atoms with Crippen molar-refractivity contribution in [3.05, 3.63) is 71.4 Å². The minimum Gasteiger partial charge on any atom is -0.358 e. The Bertz CT molecular complexity index is 979. The van der Waals surface area contributed by atoms with Crippen LogP contribution < -0.4 is 15.5 Å². The third-order valence-electron chi connectivity index (χ3n) is 5.71. The molecule has 0 spiro atoms. The van der Waals surface area contributed by atoms with Gasteiger partial charge in [0.2, 0.25) is 5.91 Å². The Morgan fingerprint density at radius 1 is 1.10 bits per heavy atom. The van der Waals surface area contributed by atoms with Gasteiger partial charge in [0.15, 0.2) is 5.78 Å². The van der Waals surface area contributed by atoms with Crippen LogP contribution in [0.1, 0.15) is 38.3 Å². The van der Waals surface area contributed by atoms with E-state index in [1.54, 1.807) is 7.05 Å². The largest absolute Gasteiger partial charge is 0.358 e. The second kappa shape index (κ2) is 7.39. The highest BCUT2D eigenvalue weighted by Gasteiger charge is 2.41. The van der Waals surface area contributed by atoms with Crippen molar-refractivity contribution in [2.24, 2.45) is 5.41 Å². The fourth-order valence-corrected chi connectivity index (χ4v) is 4.44. The van der Waals surface area contributed by atoms with E-state index in [0.717, 1.165) is 34.6 Å². The summed E-state index contributed by atoms with van der Waals surface area (Å²) in [4.78, 5) is 27.9. The number of fused-ring (bicyclic) bond motifs is 1. The van der Waals surface area contributed by atoms with E-state index in [1.165, 1.54) is 0 Å². The van der Waals surface area contributed by atoms with E-state index in [4.69, 9.17) is 0 Å². The Morgan fingerprint density at radius 2 is 1.79 bits per heavy atom. The molecule has 2 N–H and O–H groups in total. The number of carbonyl (C=O) groups is 2. The molecule has 0 fully saturated rings. The van der Waals surface area contributed by atoms with Gasteiger partial charge in [-0.2, -0.15) is 0 Å². The third-order valence-corrected chi connectivity index (χ3v) is 5.71. The number of ketones is 1. The van der Waals surface area contributed by atoms with Crippen LogP contribution in [0.3, 0.4) is 0 Å². The van der Waals surface area contributed by atoms with Crippen molar-refractivity contribution in [2.75, 3.05) is 23.8 Å². The third kappa shape index (κ3) is 3.65. The van der Waals surface area contributed by atoms with Gasteiger partial charge in [-0.05, 0) is 29.5 Å². The second-order valence-electron chi connectivity index (χ2n) is 8.59. The lowest BCUT2D eigenvalue weighted by Gasteiger charge is -2.37. The topological polar surface area (TPSA) is 61.4 Å². The first-order chi connectivity index (χ1) is 13.9. The molecule has 2 aliphatic rings. The van der Waals surface area contributed by atoms with Gasteiger partial charge in [-0.25, -0.2) is 0 Å². The Morgan fingerprint density at radius 3 is 2.52 bits per heavy atom. The van der Waals surface area contributed by atoms with Crippen LogP contribution in [0.2, 0.25) is 0 Å². The standard InChI is InChI=1S/C24H27N3O2/c1-24(2)13-18-22(20(28)14-24)23(16-9-5-4-6-10-16)27(15-21(29)25-3)19-12-8-7-11-17(19)26-18/h4-12,23,26H,13-15H2,1-3H3,(H,25,29)/t23-/m0/s1. The van der Waals surface area contributed by atoms with Crippen LogP contribution in [-0.2, 0) is 9.59 Å². The highest BCUT2D eigenvalue weighted by atomic mass is 16.2. The van der Waals surface area contributed by atoms with Gasteiger partial charge in [0.25, 0.3) is 0 Å². The van der Waals surface area contributed by atoms with Crippen LogP contribution in [0.5, 0.6) is 0 Å². The average molecular weight is 389 g/mol. The van der Waals surface area contributed by atoms with Gasteiger partial charge >= 0.3 is 0 Å². The van der Waals surface area contributed by atoms with E-state index >= 15 is 0 Å². The molecule has 5 nitrogen and oxygen atoms in total. The van der Waals surface area contributed by atoms with Crippen molar-refractivity contribution in [2.45, 2.75) is 32.7 Å². The second-order valence-corrected chi connectivity index (χ2v) is 8.59. The van der Waals surface area contributed by atoms with Crippen molar-refractivity contribution < 1.29 is 9.59 Å². The maximum atomic E-state index is 13.4. The first-order valence-corrected chi connectivity index (χ1v) is 10.0. The summed E-state index contributed by atoms with van der Waals surface area (Å²) < 4.78 is 0. The maximum Gasteiger partial charge on any atom is 0.239 e. The lowest BCUT2D eigenvalue weighted by molar-refractivity contribution is -0.120. The molecule has 0 unspecified atom stereocenters. The number of allylic oxidation sites excluding steroid dienone is 1. The van der Waals surface area contributed by atoms with Crippen LogP contribution >= 0.6 is 0 Å². The number of hydrogen-bond acceptors (Lipinski definition) is 4.